The Morgan fingerprint density at radius 2 is 1.70 bits per heavy atom. The van der Waals surface area contributed by atoms with Crippen LogP contribution in [-0.4, -0.2) is 47.2 Å². The van der Waals surface area contributed by atoms with E-state index in [2.05, 4.69) is 0 Å². The van der Waals surface area contributed by atoms with Crippen molar-refractivity contribution in [3.63, 3.8) is 0 Å². The Hall–Kier alpha value is -0.650. The zero-order valence-corrected chi connectivity index (χ0v) is 15.3. The molecular formula is C18H36O5. The number of aliphatic hydroxyl groups is 2. The molecule has 138 valence electrons. The number of esters is 1. The molecule has 1 saturated heterocycles. The highest BCUT2D eigenvalue weighted by atomic mass is 16.5. The number of ether oxygens (including phenoxy) is 2. The van der Waals surface area contributed by atoms with E-state index in [9.17, 15) is 15.0 Å². The fraction of sp³-hybridized carbons (Fsp3) is 0.944. The highest BCUT2D eigenvalue weighted by Gasteiger charge is 2.25. The minimum Gasteiger partial charge on any atom is -0.466 e. The van der Waals surface area contributed by atoms with Crippen molar-refractivity contribution in [3.05, 3.63) is 0 Å². The first-order valence-electron chi connectivity index (χ1n) is 9.18. The van der Waals surface area contributed by atoms with Crippen LogP contribution in [0.25, 0.3) is 0 Å². The Morgan fingerprint density at radius 3 is 2.22 bits per heavy atom. The molecule has 0 aromatic carbocycles. The fourth-order valence-corrected chi connectivity index (χ4v) is 2.67. The van der Waals surface area contributed by atoms with Crippen molar-refractivity contribution in [3.8, 4) is 0 Å². The Balaban J connectivity index is 0.00000232. The average Bonchev–Trinajstić information content (AvgIpc) is 2.99. The molecule has 2 N–H and O–H groups in total. The molecule has 1 fully saturated rings. The molecule has 1 rings (SSSR count). The summed E-state index contributed by atoms with van der Waals surface area (Å²) in [4.78, 5) is 11.2. The largest absolute Gasteiger partial charge is 0.466 e. The Kier molecular flexibility index (Phi) is 13.4. The van der Waals surface area contributed by atoms with Gasteiger partial charge in [0.25, 0.3) is 0 Å². The Labute approximate surface area is 141 Å². The van der Waals surface area contributed by atoms with Crippen LogP contribution in [0.1, 0.15) is 79.1 Å². The summed E-state index contributed by atoms with van der Waals surface area (Å²) in [6, 6.07) is 0. The van der Waals surface area contributed by atoms with Crippen molar-refractivity contribution < 1.29 is 24.5 Å². The molecule has 1 aliphatic heterocycles. The zero-order valence-electron chi connectivity index (χ0n) is 15.3. The third-order valence-electron chi connectivity index (χ3n) is 3.91. The maximum Gasteiger partial charge on any atom is 0.305 e. The minimum atomic E-state index is -0.463. The van der Waals surface area contributed by atoms with Crippen molar-refractivity contribution in [1.82, 2.24) is 0 Å². The van der Waals surface area contributed by atoms with Crippen LogP contribution >= 0.6 is 0 Å². The van der Waals surface area contributed by atoms with Crippen LogP contribution in [0.15, 0.2) is 0 Å². The van der Waals surface area contributed by atoms with E-state index >= 15 is 0 Å². The zero-order chi connectivity index (χ0) is 17.7. The summed E-state index contributed by atoms with van der Waals surface area (Å²) in [6.07, 6.45) is 5.69. The Bertz CT molecular complexity index is 293. The van der Waals surface area contributed by atoms with Gasteiger partial charge in [0.2, 0.25) is 0 Å². The van der Waals surface area contributed by atoms with Crippen molar-refractivity contribution in [2.45, 2.75) is 103 Å². The molecule has 0 amide bonds. The number of carbonyl (C=O) groups is 1. The Morgan fingerprint density at radius 1 is 1.13 bits per heavy atom. The molecule has 1 heterocycles. The summed E-state index contributed by atoms with van der Waals surface area (Å²) in [6.45, 7) is 7.96. The second kappa shape index (κ2) is 13.8. The molecule has 4 unspecified atom stereocenters. The second-order valence-corrected chi connectivity index (χ2v) is 5.96. The van der Waals surface area contributed by atoms with Crippen LogP contribution < -0.4 is 0 Å². The van der Waals surface area contributed by atoms with Gasteiger partial charge < -0.3 is 19.7 Å². The molecule has 1 aliphatic rings. The molecule has 4 atom stereocenters. The van der Waals surface area contributed by atoms with Crippen LogP contribution in [0, 0.1) is 0 Å². The molecular weight excluding hydrogens is 296 g/mol. The highest BCUT2D eigenvalue weighted by molar-refractivity contribution is 5.69. The first-order valence-corrected chi connectivity index (χ1v) is 9.18. The van der Waals surface area contributed by atoms with E-state index in [4.69, 9.17) is 9.47 Å². The van der Waals surface area contributed by atoms with Gasteiger partial charge in [-0.05, 0) is 58.8 Å². The molecule has 0 aliphatic carbocycles. The molecule has 5 heteroatoms. The number of aliphatic hydroxyl groups excluding tert-OH is 2. The quantitative estimate of drug-likeness (QED) is 0.601. The summed E-state index contributed by atoms with van der Waals surface area (Å²) in [7, 11) is 0. The van der Waals surface area contributed by atoms with Crippen molar-refractivity contribution in [2.24, 2.45) is 0 Å². The van der Waals surface area contributed by atoms with Gasteiger partial charge in [-0.15, -0.1) is 0 Å². The van der Waals surface area contributed by atoms with Gasteiger partial charge in [0.1, 0.15) is 0 Å². The van der Waals surface area contributed by atoms with Crippen LogP contribution in [-0.2, 0) is 14.3 Å². The lowest BCUT2D eigenvalue weighted by atomic mass is 10.0. The lowest BCUT2D eigenvalue weighted by Gasteiger charge is -2.16. The predicted octanol–water partition coefficient (Wildman–Crippen LogP) is 3.21. The molecule has 0 aromatic rings. The molecule has 5 nitrogen and oxygen atoms in total. The summed E-state index contributed by atoms with van der Waals surface area (Å²) in [5, 5.41) is 19.1. The van der Waals surface area contributed by atoms with Gasteiger partial charge in [-0.1, -0.05) is 13.8 Å². The topological polar surface area (TPSA) is 76.0 Å². The van der Waals surface area contributed by atoms with E-state index in [1.165, 1.54) is 0 Å². The van der Waals surface area contributed by atoms with E-state index in [1.54, 1.807) is 13.8 Å². The summed E-state index contributed by atoms with van der Waals surface area (Å²) in [5.74, 6) is -0.244. The number of rotatable bonds is 10. The summed E-state index contributed by atoms with van der Waals surface area (Å²) >= 11 is 0. The first-order chi connectivity index (χ1) is 11.0. The average molecular weight is 332 g/mol. The molecule has 0 bridgehead atoms. The standard InChI is InChI=1S/C16H30O5.C2H6/c1-3-20-16(19)11-6-13(18)5-8-15-10-9-14(21-15)7-4-12(2)17;1-2/h12-15,17-18H,3-11H2,1-2H3;1-2H3. The summed E-state index contributed by atoms with van der Waals surface area (Å²) < 4.78 is 10.7. The molecule has 23 heavy (non-hydrogen) atoms. The van der Waals surface area contributed by atoms with Gasteiger partial charge in [-0.3, -0.25) is 4.79 Å². The molecule has 0 aromatic heterocycles. The van der Waals surface area contributed by atoms with Crippen LogP contribution in [0.4, 0.5) is 0 Å². The first kappa shape index (κ1) is 22.4. The minimum absolute atomic E-state index is 0.209. The van der Waals surface area contributed by atoms with E-state index in [1.807, 2.05) is 13.8 Å². The van der Waals surface area contributed by atoms with Gasteiger partial charge in [0.15, 0.2) is 0 Å². The maximum atomic E-state index is 11.2. The van der Waals surface area contributed by atoms with Crippen molar-refractivity contribution >= 4 is 5.97 Å². The van der Waals surface area contributed by atoms with Crippen LogP contribution in [0.3, 0.4) is 0 Å². The lowest BCUT2D eigenvalue weighted by molar-refractivity contribution is -0.143. The predicted molar refractivity (Wildman–Crippen MR) is 91.3 cm³/mol. The number of carbonyl (C=O) groups excluding carboxylic acids is 1. The van der Waals surface area contributed by atoms with Gasteiger partial charge in [0, 0.05) is 6.42 Å². The molecule has 0 spiro atoms. The fourth-order valence-electron chi connectivity index (χ4n) is 2.67. The third kappa shape index (κ3) is 11.5. The lowest BCUT2D eigenvalue weighted by Crippen LogP contribution is -2.17. The number of hydrogen-bond acceptors (Lipinski definition) is 5. The third-order valence-corrected chi connectivity index (χ3v) is 3.91. The van der Waals surface area contributed by atoms with Crippen molar-refractivity contribution in [2.75, 3.05) is 6.61 Å². The van der Waals surface area contributed by atoms with Crippen LogP contribution in [0.5, 0.6) is 0 Å². The SMILES string of the molecule is CC.CCOC(=O)CCC(O)CCC1CCC(CCC(C)O)O1. The van der Waals surface area contributed by atoms with Gasteiger partial charge >= 0.3 is 5.97 Å². The van der Waals surface area contributed by atoms with E-state index in [-0.39, 0.29) is 30.7 Å². The van der Waals surface area contributed by atoms with Gasteiger partial charge in [-0.25, -0.2) is 0 Å². The summed E-state index contributed by atoms with van der Waals surface area (Å²) in [5.41, 5.74) is 0. The van der Waals surface area contributed by atoms with E-state index < -0.39 is 6.10 Å². The maximum absolute atomic E-state index is 11.2. The monoisotopic (exact) mass is 332 g/mol. The smallest absolute Gasteiger partial charge is 0.305 e. The molecule has 0 saturated carbocycles. The molecule has 0 radical (unpaired) electrons. The highest BCUT2D eigenvalue weighted by Crippen LogP contribution is 2.27. The number of hydrogen-bond donors (Lipinski definition) is 2. The van der Waals surface area contributed by atoms with E-state index in [0.717, 1.165) is 32.1 Å². The van der Waals surface area contributed by atoms with Gasteiger partial charge in [0.05, 0.1) is 31.0 Å². The van der Waals surface area contributed by atoms with Crippen LogP contribution in [0.2, 0.25) is 0 Å². The second-order valence-electron chi connectivity index (χ2n) is 5.96. The normalized spacial score (nSPS) is 22.9. The van der Waals surface area contributed by atoms with Gasteiger partial charge in [-0.2, -0.15) is 0 Å². The van der Waals surface area contributed by atoms with Crippen molar-refractivity contribution in [1.29, 1.82) is 0 Å². The van der Waals surface area contributed by atoms with E-state index in [0.29, 0.717) is 19.4 Å².